The summed E-state index contributed by atoms with van der Waals surface area (Å²) in [6.45, 7) is 5.55. The van der Waals surface area contributed by atoms with Crippen LogP contribution in [0, 0.1) is 0 Å². The highest BCUT2D eigenvalue weighted by Gasteiger charge is 2.31. The second-order valence-corrected chi connectivity index (χ2v) is 11.9. The maximum Gasteiger partial charge on any atom is 0.334 e. The van der Waals surface area contributed by atoms with E-state index in [1.165, 1.54) is 0 Å². The van der Waals surface area contributed by atoms with Gasteiger partial charge in [0, 0.05) is 71.0 Å². The average molecular weight is 670 g/mol. The lowest BCUT2D eigenvalue weighted by molar-refractivity contribution is -0.137. The molecule has 0 unspecified atom stereocenters. The summed E-state index contributed by atoms with van der Waals surface area (Å²) in [4.78, 5) is 45.4. The molecular weight excluding hydrogens is 626 g/mol. The first-order valence-electron chi connectivity index (χ1n) is 16.7. The molecule has 6 rings (SSSR count). The molecule has 258 valence electrons. The predicted octanol–water partition coefficient (Wildman–Crippen LogP) is 3.05. The van der Waals surface area contributed by atoms with Gasteiger partial charge in [-0.05, 0) is 29.8 Å². The van der Waals surface area contributed by atoms with E-state index in [-0.39, 0.29) is 30.7 Å². The van der Waals surface area contributed by atoms with Gasteiger partial charge in [0.15, 0.2) is 6.61 Å². The largest absolute Gasteiger partial charge is 0.493 e. The molecule has 0 aliphatic carbocycles. The highest BCUT2D eigenvalue weighted by molar-refractivity contribution is 5.99. The van der Waals surface area contributed by atoms with Crippen molar-refractivity contribution in [2.24, 2.45) is 0 Å². The van der Waals surface area contributed by atoms with Crippen molar-refractivity contribution in [3.63, 3.8) is 0 Å². The van der Waals surface area contributed by atoms with Crippen LogP contribution in [0.4, 0.5) is 0 Å². The monoisotopic (exact) mass is 669 g/mol. The minimum absolute atomic E-state index is 0.103. The number of nitrogens with one attached hydrogen (secondary N) is 1. The molecule has 0 bridgehead atoms. The number of piperazine rings is 1. The molecule has 2 fully saturated rings. The Morgan fingerprint density at radius 3 is 2.31 bits per heavy atom. The molecular formula is C37H43N5O7. The van der Waals surface area contributed by atoms with Crippen LogP contribution in [-0.4, -0.2) is 110 Å². The molecule has 2 amide bonds. The number of hydrogen-bond acceptors (Lipinski definition) is 8. The van der Waals surface area contributed by atoms with Crippen molar-refractivity contribution in [1.29, 1.82) is 0 Å². The van der Waals surface area contributed by atoms with E-state index < -0.39 is 0 Å². The molecule has 4 aromatic rings. The van der Waals surface area contributed by atoms with Gasteiger partial charge in [-0.1, -0.05) is 48.5 Å². The summed E-state index contributed by atoms with van der Waals surface area (Å²) in [7, 11) is 1.65. The predicted molar refractivity (Wildman–Crippen MR) is 185 cm³/mol. The number of hydrogen-bond donors (Lipinski definition) is 1. The summed E-state index contributed by atoms with van der Waals surface area (Å²) >= 11 is 0. The molecule has 0 atom stereocenters. The highest BCUT2D eigenvalue weighted by Crippen LogP contribution is 2.30. The number of rotatable bonds is 13. The van der Waals surface area contributed by atoms with Gasteiger partial charge >= 0.3 is 5.69 Å². The third-order valence-corrected chi connectivity index (χ3v) is 8.60. The fourth-order valence-electron chi connectivity index (χ4n) is 6.10. The van der Waals surface area contributed by atoms with Crippen molar-refractivity contribution >= 4 is 11.8 Å². The van der Waals surface area contributed by atoms with E-state index in [9.17, 15) is 14.4 Å². The highest BCUT2D eigenvalue weighted by atomic mass is 16.5. The number of carbonyl (C=O) groups excluding carboxylic acids is 2. The Labute approximate surface area is 285 Å². The van der Waals surface area contributed by atoms with Gasteiger partial charge in [0.1, 0.15) is 17.2 Å². The fourth-order valence-corrected chi connectivity index (χ4v) is 6.10. The van der Waals surface area contributed by atoms with Crippen molar-refractivity contribution in [2.75, 3.05) is 79.4 Å². The summed E-state index contributed by atoms with van der Waals surface area (Å²) in [6, 6.07) is 24.2. The van der Waals surface area contributed by atoms with Gasteiger partial charge in [-0.15, -0.1) is 0 Å². The molecule has 3 heterocycles. The molecule has 49 heavy (non-hydrogen) atoms. The van der Waals surface area contributed by atoms with Crippen molar-refractivity contribution in [1.82, 2.24) is 24.3 Å². The van der Waals surface area contributed by atoms with Gasteiger partial charge in [0.25, 0.3) is 11.8 Å². The normalized spacial score (nSPS) is 14.9. The van der Waals surface area contributed by atoms with Gasteiger partial charge < -0.3 is 34.1 Å². The van der Waals surface area contributed by atoms with E-state index in [1.54, 1.807) is 32.1 Å². The number of benzene rings is 3. The smallest absolute Gasteiger partial charge is 0.334 e. The molecule has 2 saturated heterocycles. The topological polar surface area (TPSA) is 116 Å². The maximum absolute atomic E-state index is 14.7. The van der Waals surface area contributed by atoms with Crippen LogP contribution in [0.1, 0.15) is 22.5 Å². The SMILES string of the molecule is COCCCOc1cccc(-n2c(-c3ccccc3)c(C(=O)N3CCNCC3)n(Cc3cccc(OCC(=O)N4CCOCC4)c3)c2=O)c1. The molecule has 3 aromatic carbocycles. The zero-order valence-corrected chi connectivity index (χ0v) is 27.8. The van der Waals surface area contributed by atoms with E-state index in [2.05, 4.69) is 5.32 Å². The summed E-state index contributed by atoms with van der Waals surface area (Å²) in [5.74, 6) is 0.789. The second-order valence-electron chi connectivity index (χ2n) is 11.9. The lowest BCUT2D eigenvalue weighted by Gasteiger charge is -2.28. The van der Waals surface area contributed by atoms with Gasteiger partial charge in [-0.25, -0.2) is 4.79 Å². The maximum atomic E-state index is 14.7. The zero-order chi connectivity index (χ0) is 34.0. The molecule has 2 aliphatic heterocycles. The summed E-state index contributed by atoms with van der Waals surface area (Å²) in [5.41, 5.74) is 2.52. The minimum atomic E-state index is -0.359. The Balaban J connectivity index is 1.39. The lowest BCUT2D eigenvalue weighted by Crippen LogP contribution is -2.47. The average Bonchev–Trinajstić information content (AvgIpc) is 3.44. The van der Waals surface area contributed by atoms with Gasteiger partial charge in [-0.2, -0.15) is 0 Å². The number of amides is 2. The summed E-state index contributed by atoms with van der Waals surface area (Å²) in [6.07, 6.45) is 0.722. The van der Waals surface area contributed by atoms with Crippen LogP contribution in [0.15, 0.2) is 83.7 Å². The first-order valence-corrected chi connectivity index (χ1v) is 16.7. The van der Waals surface area contributed by atoms with E-state index >= 15 is 0 Å². The van der Waals surface area contributed by atoms with Crippen molar-refractivity contribution < 1.29 is 28.5 Å². The Kier molecular flexibility index (Phi) is 11.4. The standard InChI is InChI=1S/C37H43N5O7/c1-46-20-7-21-48-32-13-6-11-30(25-32)42-34(29-9-3-2-4-10-29)35(36(44)40-16-14-38-15-17-40)41(37(42)45)26-28-8-5-12-31(24-28)49-27-33(43)39-18-22-47-23-19-39/h2-6,8-13,24-25,38H,7,14-23,26-27H2,1H3. The van der Waals surface area contributed by atoms with E-state index in [0.717, 1.165) is 17.5 Å². The number of imidazole rings is 1. The van der Waals surface area contributed by atoms with Gasteiger partial charge in [-0.3, -0.25) is 18.7 Å². The fraction of sp³-hybridized carbons (Fsp3) is 0.378. The molecule has 1 N–H and O–H groups in total. The summed E-state index contributed by atoms with van der Waals surface area (Å²) in [5, 5.41) is 3.31. The lowest BCUT2D eigenvalue weighted by atomic mass is 10.1. The minimum Gasteiger partial charge on any atom is -0.493 e. The van der Waals surface area contributed by atoms with Crippen LogP contribution in [0.3, 0.4) is 0 Å². The first-order chi connectivity index (χ1) is 24.0. The van der Waals surface area contributed by atoms with Crippen molar-refractivity contribution in [3.05, 3.63) is 101 Å². The number of carbonyl (C=O) groups is 2. The molecule has 0 saturated carbocycles. The Hall–Kier alpha value is -4.91. The molecule has 0 spiro atoms. The molecule has 2 aliphatic rings. The molecule has 12 nitrogen and oxygen atoms in total. The van der Waals surface area contributed by atoms with Gasteiger partial charge in [0.05, 0.1) is 37.7 Å². The third kappa shape index (κ3) is 8.22. The van der Waals surface area contributed by atoms with Gasteiger partial charge in [0.2, 0.25) is 0 Å². The van der Waals surface area contributed by atoms with Crippen molar-refractivity contribution in [3.8, 4) is 28.4 Å². The summed E-state index contributed by atoms with van der Waals surface area (Å²) < 4.78 is 25.6. The molecule has 1 aromatic heterocycles. The third-order valence-electron chi connectivity index (χ3n) is 8.60. The Morgan fingerprint density at radius 2 is 1.55 bits per heavy atom. The van der Waals surface area contributed by atoms with Crippen LogP contribution in [0.25, 0.3) is 16.9 Å². The number of nitrogens with zero attached hydrogens (tertiary/aromatic N) is 4. The zero-order valence-electron chi connectivity index (χ0n) is 27.8. The van der Waals surface area contributed by atoms with E-state index in [4.69, 9.17) is 18.9 Å². The molecule has 12 heteroatoms. The van der Waals surface area contributed by atoms with E-state index in [1.807, 2.05) is 72.8 Å². The second kappa shape index (κ2) is 16.5. The van der Waals surface area contributed by atoms with Crippen LogP contribution in [-0.2, 0) is 20.8 Å². The van der Waals surface area contributed by atoms with Crippen LogP contribution >= 0.6 is 0 Å². The van der Waals surface area contributed by atoms with Crippen LogP contribution in [0.2, 0.25) is 0 Å². The van der Waals surface area contributed by atoms with E-state index in [0.29, 0.717) is 94.3 Å². The number of methoxy groups -OCH3 is 1. The Bertz CT molecular complexity index is 1780. The number of aromatic nitrogens is 2. The number of ether oxygens (including phenoxy) is 4. The first kappa shape index (κ1) is 34.0. The van der Waals surface area contributed by atoms with Crippen molar-refractivity contribution in [2.45, 2.75) is 13.0 Å². The quantitative estimate of drug-likeness (QED) is 0.216. The van der Waals surface area contributed by atoms with Crippen LogP contribution in [0.5, 0.6) is 11.5 Å². The molecule has 0 radical (unpaired) electrons. The Morgan fingerprint density at radius 1 is 0.816 bits per heavy atom. The van der Waals surface area contributed by atoms with Crippen LogP contribution < -0.4 is 20.5 Å². The number of morpholine rings is 1.